The zero-order valence-electron chi connectivity index (χ0n) is 16.7. The highest BCUT2D eigenvalue weighted by molar-refractivity contribution is 5.80. The number of nitrogens with one attached hydrogen (secondary N) is 2. The molecule has 1 aromatic rings. The van der Waals surface area contributed by atoms with Crippen molar-refractivity contribution in [2.45, 2.75) is 56.9 Å². The Hall–Kier alpha value is -2.18. The number of rotatable bonds is 5. The van der Waals surface area contributed by atoms with Gasteiger partial charge in [-0.2, -0.15) is 0 Å². The van der Waals surface area contributed by atoms with Gasteiger partial charge in [-0.25, -0.2) is 8.78 Å². The number of carbonyl (C=O) groups excluding carboxylic acids is 1. The van der Waals surface area contributed by atoms with Crippen molar-refractivity contribution in [3.63, 3.8) is 0 Å². The van der Waals surface area contributed by atoms with Crippen LogP contribution in [0.5, 0.6) is 0 Å². The molecule has 0 radical (unpaired) electrons. The fourth-order valence-electron chi connectivity index (χ4n) is 4.54. The van der Waals surface area contributed by atoms with Crippen molar-refractivity contribution in [1.82, 2.24) is 15.5 Å². The average Bonchev–Trinajstić information content (AvgIpc) is 3.34. The van der Waals surface area contributed by atoms with Gasteiger partial charge in [-0.3, -0.25) is 9.79 Å². The molecule has 154 valence electrons. The molecule has 1 atom stereocenters. The number of nitrogens with zero attached hydrogens (tertiary/aromatic N) is 2. The Morgan fingerprint density at radius 2 is 1.96 bits per heavy atom. The number of carbonyl (C=O) groups is 1. The van der Waals surface area contributed by atoms with Crippen LogP contribution < -0.4 is 10.6 Å². The van der Waals surface area contributed by atoms with Gasteiger partial charge in [0.15, 0.2) is 5.96 Å². The van der Waals surface area contributed by atoms with E-state index in [0.717, 1.165) is 38.6 Å². The SMILES string of the molecule is CCC(=O)N1CCC(NC(=NC)NCC2(c3c(F)cccc3F)CCCC2)C1. The molecule has 5 nitrogen and oxygen atoms in total. The van der Waals surface area contributed by atoms with Gasteiger partial charge in [-0.1, -0.05) is 25.8 Å². The van der Waals surface area contributed by atoms with Crippen LogP contribution in [0.4, 0.5) is 8.78 Å². The molecular formula is C21H30F2N4O. The van der Waals surface area contributed by atoms with Crippen LogP contribution in [-0.4, -0.2) is 49.5 Å². The number of aliphatic imine (C=N–C) groups is 1. The van der Waals surface area contributed by atoms with Gasteiger partial charge in [0.25, 0.3) is 0 Å². The van der Waals surface area contributed by atoms with E-state index in [-0.39, 0.29) is 17.5 Å². The number of amides is 1. The van der Waals surface area contributed by atoms with E-state index < -0.39 is 17.0 Å². The Bertz CT molecular complexity index is 711. The maximum atomic E-state index is 14.5. The molecule has 1 saturated heterocycles. The molecule has 1 aliphatic carbocycles. The topological polar surface area (TPSA) is 56.7 Å². The largest absolute Gasteiger partial charge is 0.356 e. The predicted octanol–water partition coefficient (Wildman–Crippen LogP) is 2.95. The van der Waals surface area contributed by atoms with Crippen LogP contribution in [-0.2, 0) is 10.2 Å². The molecule has 1 aliphatic heterocycles. The number of hydrogen-bond acceptors (Lipinski definition) is 2. The Balaban J connectivity index is 1.66. The van der Waals surface area contributed by atoms with E-state index in [0.29, 0.717) is 25.5 Å². The van der Waals surface area contributed by atoms with Gasteiger partial charge in [-0.05, 0) is 31.4 Å². The molecule has 0 spiro atoms. The molecule has 0 aromatic heterocycles. The van der Waals surface area contributed by atoms with Crippen molar-refractivity contribution >= 4 is 11.9 Å². The first-order chi connectivity index (χ1) is 13.5. The fraction of sp³-hybridized carbons (Fsp3) is 0.619. The van der Waals surface area contributed by atoms with Crippen molar-refractivity contribution in [3.05, 3.63) is 35.4 Å². The van der Waals surface area contributed by atoms with Gasteiger partial charge in [0.2, 0.25) is 5.91 Å². The lowest BCUT2D eigenvalue weighted by atomic mass is 9.78. The van der Waals surface area contributed by atoms with Crippen LogP contribution in [0.1, 0.15) is 51.0 Å². The second kappa shape index (κ2) is 8.88. The number of guanidine groups is 1. The highest BCUT2D eigenvalue weighted by Crippen LogP contribution is 2.42. The monoisotopic (exact) mass is 392 g/mol. The summed E-state index contributed by atoms with van der Waals surface area (Å²) in [5, 5.41) is 6.65. The van der Waals surface area contributed by atoms with E-state index in [1.807, 2.05) is 11.8 Å². The van der Waals surface area contributed by atoms with E-state index in [1.165, 1.54) is 18.2 Å². The van der Waals surface area contributed by atoms with Gasteiger partial charge in [-0.15, -0.1) is 0 Å². The third-order valence-corrected chi connectivity index (χ3v) is 6.06. The van der Waals surface area contributed by atoms with E-state index in [2.05, 4.69) is 15.6 Å². The van der Waals surface area contributed by atoms with Crippen LogP contribution in [0.15, 0.2) is 23.2 Å². The highest BCUT2D eigenvalue weighted by atomic mass is 19.1. The van der Waals surface area contributed by atoms with Crippen molar-refractivity contribution in [2.75, 3.05) is 26.7 Å². The number of hydrogen-bond donors (Lipinski definition) is 2. The lowest BCUT2D eigenvalue weighted by Gasteiger charge is -2.31. The normalized spacial score (nSPS) is 21.8. The van der Waals surface area contributed by atoms with Gasteiger partial charge in [0, 0.05) is 50.1 Å². The highest BCUT2D eigenvalue weighted by Gasteiger charge is 2.40. The third kappa shape index (κ3) is 4.28. The lowest BCUT2D eigenvalue weighted by molar-refractivity contribution is -0.129. The quantitative estimate of drug-likeness (QED) is 0.598. The Morgan fingerprint density at radius 1 is 1.29 bits per heavy atom. The molecule has 1 aromatic carbocycles. The first kappa shape index (κ1) is 20.6. The van der Waals surface area contributed by atoms with Crippen molar-refractivity contribution in [2.24, 2.45) is 4.99 Å². The van der Waals surface area contributed by atoms with E-state index in [4.69, 9.17) is 0 Å². The van der Waals surface area contributed by atoms with Gasteiger partial charge in [0.1, 0.15) is 11.6 Å². The summed E-state index contributed by atoms with van der Waals surface area (Å²) >= 11 is 0. The molecule has 1 heterocycles. The number of likely N-dealkylation sites (tertiary alicyclic amines) is 1. The first-order valence-corrected chi connectivity index (χ1v) is 10.2. The van der Waals surface area contributed by atoms with Crippen LogP contribution in [0, 0.1) is 11.6 Å². The number of benzene rings is 1. The fourth-order valence-corrected chi connectivity index (χ4v) is 4.54. The van der Waals surface area contributed by atoms with Crippen molar-refractivity contribution in [1.29, 1.82) is 0 Å². The Kier molecular flexibility index (Phi) is 6.52. The minimum atomic E-state index is -0.563. The van der Waals surface area contributed by atoms with Gasteiger partial charge < -0.3 is 15.5 Å². The van der Waals surface area contributed by atoms with Gasteiger partial charge in [0.05, 0.1) is 0 Å². The standard InChI is InChI=1S/C21H30F2N4O/c1-3-18(28)27-12-9-15(13-27)26-20(24-2)25-14-21(10-4-5-11-21)19-16(22)7-6-8-17(19)23/h6-8,15H,3-5,9-14H2,1-2H3,(H2,24,25,26). The molecule has 0 bridgehead atoms. The zero-order chi connectivity index (χ0) is 20.1. The summed E-state index contributed by atoms with van der Waals surface area (Å²) in [5.41, 5.74) is -0.372. The molecule has 1 saturated carbocycles. The lowest BCUT2D eigenvalue weighted by Crippen LogP contribution is -2.49. The molecule has 1 unspecified atom stereocenters. The van der Waals surface area contributed by atoms with E-state index in [9.17, 15) is 13.6 Å². The summed E-state index contributed by atoms with van der Waals surface area (Å²) in [5.74, 6) is -0.182. The Labute approximate surface area is 165 Å². The summed E-state index contributed by atoms with van der Waals surface area (Å²) in [6, 6.07) is 4.22. The minimum absolute atomic E-state index is 0.131. The third-order valence-electron chi connectivity index (χ3n) is 6.06. The zero-order valence-corrected chi connectivity index (χ0v) is 16.7. The van der Waals surface area contributed by atoms with Gasteiger partial charge >= 0.3 is 0 Å². The maximum absolute atomic E-state index is 14.5. The van der Waals surface area contributed by atoms with E-state index in [1.54, 1.807) is 7.05 Å². The molecule has 3 rings (SSSR count). The molecule has 2 N–H and O–H groups in total. The summed E-state index contributed by atoms with van der Waals surface area (Å²) in [6.07, 6.45) is 4.78. The van der Waals surface area contributed by atoms with Crippen LogP contribution >= 0.6 is 0 Å². The van der Waals surface area contributed by atoms with Crippen molar-refractivity contribution in [3.8, 4) is 0 Å². The van der Waals surface area contributed by atoms with E-state index >= 15 is 0 Å². The van der Waals surface area contributed by atoms with Crippen LogP contribution in [0.2, 0.25) is 0 Å². The molecule has 1 amide bonds. The van der Waals surface area contributed by atoms with Crippen molar-refractivity contribution < 1.29 is 13.6 Å². The maximum Gasteiger partial charge on any atom is 0.222 e. The molecule has 28 heavy (non-hydrogen) atoms. The van der Waals surface area contributed by atoms with Crippen LogP contribution in [0.3, 0.4) is 0 Å². The average molecular weight is 392 g/mol. The minimum Gasteiger partial charge on any atom is -0.356 e. The number of halogens is 2. The summed E-state index contributed by atoms with van der Waals surface area (Å²) in [6.45, 7) is 3.69. The second-order valence-corrected chi connectivity index (χ2v) is 7.83. The molecule has 2 fully saturated rings. The van der Waals surface area contributed by atoms with Crippen LogP contribution in [0.25, 0.3) is 0 Å². The first-order valence-electron chi connectivity index (χ1n) is 10.2. The summed E-state index contributed by atoms with van der Waals surface area (Å²) in [4.78, 5) is 18.0. The molecular weight excluding hydrogens is 362 g/mol. The predicted molar refractivity (Wildman–Crippen MR) is 106 cm³/mol. The summed E-state index contributed by atoms with van der Waals surface area (Å²) < 4.78 is 29.0. The Morgan fingerprint density at radius 3 is 2.57 bits per heavy atom. The smallest absolute Gasteiger partial charge is 0.222 e. The molecule has 7 heteroatoms. The second-order valence-electron chi connectivity index (χ2n) is 7.83. The summed E-state index contributed by atoms with van der Waals surface area (Å²) in [7, 11) is 1.68. The molecule has 2 aliphatic rings.